The van der Waals surface area contributed by atoms with Crippen molar-refractivity contribution in [2.75, 3.05) is 11.1 Å². The van der Waals surface area contributed by atoms with E-state index in [0.29, 0.717) is 5.13 Å². The number of benzene rings is 1. The number of anilines is 1. The SMILES string of the molecule is O=C(Nc1nnc(SCCc2ccccc2)s1)C1CCC1. The van der Waals surface area contributed by atoms with E-state index in [1.165, 1.54) is 16.9 Å². The number of aryl methyl sites for hydroxylation is 1. The smallest absolute Gasteiger partial charge is 0.229 e. The van der Waals surface area contributed by atoms with Crippen molar-refractivity contribution in [3.8, 4) is 0 Å². The van der Waals surface area contributed by atoms with E-state index in [1.54, 1.807) is 11.8 Å². The average Bonchev–Trinajstić information content (AvgIpc) is 2.85. The minimum absolute atomic E-state index is 0.0956. The van der Waals surface area contributed by atoms with Gasteiger partial charge in [0.2, 0.25) is 11.0 Å². The van der Waals surface area contributed by atoms with Gasteiger partial charge in [0, 0.05) is 11.7 Å². The van der Waals surface area contributed by atoms with E-state index in [1.807, 2.05) is 6.07 Å². The minimum Gasteiger partial charge on any atom is -0.300 e. The van der Waals surface area contributed by atoms with Crippen LogP contribution in [0.3, 0.4) is 0 Å². The first-order valence-electron chi connectivity index (χ1n) is 7.12. The van der Waals surface area contributed by atoms with Crippen LogP contribution in [0.25, 0.3) is 0 Å². The summed E-state index contributed by atoms with van der Waals surface area (Å²) in [7, 11) is 0. The number of rotatable bonds is 6. The lowest BCUT2D eigenvalue weighted by molar-refractivity contribution is -0.122. The van der Waals surface area contributed by atoms with E-state index in [0.717, 1.165) is 35.8 Å². The van der Waals surface area contributed by atoms with E-state index in [2.05, 4.69) is 39.8 Å². The van der Waals surface area contributed by atoms with Gasteiger partial charge in [-0.05, 0) is 24.8 Å². The molecule has 1 fully saturated rings. The maximum atomic E-state index is 11.8. The van der Waals surface area contributed by atoms with Crippen LogP contribution < -0.4 is 5.32 Å². The van der Waals surface area contributed by atoms with Crippen LogP contribution in [0.15, 0.2) is 34.7 Å². The second-order valence-electron chi connectivity index (χ2n) is 5.07. The van der Waals surface area contributed by atoms with Gasteiger partial charge in [0.05, 0.1) is 0 Å². The molecule has 3 rings (SSSR count). The van der Waals surface area contributed by atoms with Crippen molar-refractivity contribution >= 4 is 34.1 Å². The first-order chi connectivity index (χ1) is 10.3. The van der Waals surface area contributed by atoms with Gasteiger partial charge < -0.3 is 5.32 Å². The van der Waals surface area contributed by atoms with Gasteiger partial charge in [-0.15, -0.1) is 10.2 Å². The Balaban J connectivity index is 1.45. The molecule has 4 nitrogen and oxygen atoms in total. The Bertz CT molecular complexity index is 596. The Hall–Kier alpha value is -1.40. The van der Waals surface area contributed by atoms with Gasteiger partial charge in [0.25, 0.3) is 0 Å². The highest BCUT2D eigenvalue weighted by Gasteiger charge is 2.25. The number of hydrogen-bond donors (Lipinski definition) is 1. The topological polar surface area (TPSA) is 54.9 Å². The van der Waals surface area contributed by atoms with Crippen LogP contribution in [0.4, 0.5) is 5.13 Å². The number of amides is 1. The first-order valence-corrected chi connectivity index (χ1v) is 8.92. The third-order valence-corrected chi connectivity index (χ3v) is 5.55. The summed E-state index contributed by atoms with van der Waals surface area (Å²) < 4.78 is 0.912. The summed E-state index contributed by atoms with van der Waals surface area (Å²) in [5.74, 6) is 1.25. The molecular weight excluding hydrogens is 302 g/mol. The summed E-state index contributed by atoms with van der Waals surface area (Å²) in [6.45, 7) is 0. The van der Waals surface area contributed by atoms with Gasteiger partial charge in [-0.2, -0.15) is 0 Å². The molecule has 1 amide bonds. The highest BCUT2D eigenvalue weighted by molar-refractivity contribution is 8.01. The number of carbonyl (C=O) groups excluding carboxylic acids is 1. The molecule has 1 N–H and O–H groups in total. The van der Waals surface area contributed by atoms with Gasteiger partial charge in [0.1, 0.15) is 0 Å². The molecule has 0 unspecified atom stereocenters. The molecule has 0 spiro atoms. The summed E-state index contributed by atoms with van der Waals surface area (Å²) in [5, 5.41) is 11.6. The molecule has 1 heterocycles. The van der Waals surface area contributed by atoms with E-state index < -0.39 is 0 Å². The summed E-state index contributed by atoms with van der Waals surface area (Å²) >= 11 is 3.14. The fourth-order valence-electron chi connectivity index (χ4n) is 2.10. The first kappa shape index (κ1) is 14.5. The van der Waals surface area contributed by atoms with Gasteiger partial charge in [-0.1, -0.05) is 59.9 Å². The number of aromatic nitrogens is 2. The summed E-state index contributed by atoms with van der Waals surface area (Å²) in [4.78, 5) is 11.8. The molecule has 0 saturated heterocycles. The Morgan fingerprint density at radius 1 is 1.29 bits per heavy atom. The van der Waals surface area contributed by atoms with E-state index in [9.17, 15) is 4.79 Å². The maximum Gasteiger partial charge on any atom is 0.229 e. The minimum atomic E-state index is 0.0956. The molecule has 21 heavy (non-hydrogen) atoms. The predicted molar refractivity (Wildman–Crippen MR) is 86.7 cm³/mol. The molecule has 0 aliphatic heterocycles. The summed E-state index contributed by atoms with van der Waals surface area (Å²) in [6, 6.07) is 10.4. The molecule has 1 aliphatic rings. The molecule has 0 bridgehead atoms. The summed E-state index contributed by atoms with van der Waals surface area (Å²) in [5.41, 5.74) is 1.33. The molecule has 2 aromatic rings. The van der Waals surface area contributed by atoms with Crippen molar-refractivity contribution < 1.29 is 4.79 Å². The van der Waals surface area contributed by atoms with Crippen molar-refractivity contribution in [2.45, 2.75) is 30.0 Å². The lowest BCUT2D eigenvalue weighted by Crippen LogP contribution is -2.27. The Labute approximate surface area is 132 Å². The van der Waals surface area contributed by atoms with Crippen LogP contribution in [0.2, 0.25) is 0 Å². The van der Waals surface area contributed by atoms with E-state index >= 15 is 0 Å². The highest BCUT2D eigenvalue weighted by atomic mass is 32.2. The zero-order valence-electron chi connectivity index (χ0n) is 11.6. The quantitative estimate of drug-likeness (QED) is 0.653. The highest BCUT2D eigenvalue weighted by Crippen LogP contribution is 2.30. The van der Waals surface area contributed by atoms with Crippen LogP contribution in [0.5, 0.6) is 0 Å². The largest absolute Gasteiger partial charge is 0.300 e. The lowest BCUT2D eigenvalue weighted by atomic mass is 9.85. The Kier molecular flexibility index (Phi) is 4.87. The van der Waals surface area contributed by atoms with Crippen molar-refractivity contribution in [3.63, 3.8) is 0 Å². The lowest BCUT2D eigenvalue weighted by Gasteiger charge is -2.23. The number of nitrogens with one attached hydrogen (secondary N) is 1. The number of carbonyl (C=O) groups is 1. The molecule has 6 heteroatoms. The van der Waals surface area contributed by atoms with Crippen LogP contribution in [-0.4, -0.2) is 21.9 Å². The molecule has 1 saturated carbocycles. The zero-order valence-corrected chi connectivity index (χ0v) is 13.3. The second kappa shape index (κ2) is 7.04. The fraction of sp³-hybridized carbons (Fsp3) is 0.400. The zero-order chi connectivity index (χ0) is 14.5. The van der Waals surface area contributed by atoms with Crippen LogP contribution in [-0.2, 0) is 11.2 Å². The van der Waals surface area contributed by atoms with Gasteiger partial charge >= 0.3 is 0 Å². The van der Waals surface area contributed by atoms with Crippen molar-refractivity contribution in [1.82, 2.24) is 10.2 Å². The standard InChI is InChI=1S/C15H17N3OS2/c19-13(12-7-4-8-12)16-14-17-18-15(21-14)20-10-9-11-5-2-1-3-6-11/h1-3,5-6,12H,4,7-10H2,(H,16,17,19). The Morgan fingerprint density at radius 3 is 2.81 bits per heavy atom. The fourth-order valence-corrected chi connectivity index (χ4v) is 3.91. The molecule has 1 aromatic heterocycles. The number of nitrogens with zero attached hydrogens (tertiary/aromatic N) is 2. The number of hydrogen-bond acceptors (Lipinski definition) is 5. The van der Waals surface area contributed by atoms with Gasteiger partial charge in [0.15, 0.2) is 4.34 Å². The second-order valence-corrected chi connectivity index (χ2v) is 7.39. The third-order valence-electron chi connectivity index (χ3n) is 3.57. The van der Waals surface area contributed by atoms with Gasteiger partial charge in [-0.3, -0.25) is 4.79 Å². The average molecular weight is 319 g/mol. The van der Waals surface area contributed by atoms with Crippen molar-refractivity contribution in [2.24, 2.45) is 5.92 Å². The van der Waals surface area contributed by atoms with E-state index in [4.69, 9.17) is 0 Å². The molecular formula is C15H17N3OS2. The monoisotopic (exact) mass is 319 g/mol. The third kappa shape index (κ3) is 4.04. The maximum absolute atomic E-state index is 11.8. The molecule has 0 radical (unpaired) electrons. The van der Waals surface area contributed by atoms with Crippen LogP contribution >= 0.6 is 23.1 Å². The predicted octanol–water partition coefficient (Wildman–Crippen LogP) is 3.61. The van der Waals surface area contributed by atoms with Crippen LogP contribution in [0.1, 0.15) is 24.8 Å². The normalized spacial score (nSPS) is 14.7. The molecule has 1 aromatic carbocycles. The Morgan fingerprint density at radius 2 is 2.10 bits per heavy atom. The van der Waals surface area contributed by atoms with Crippen LogP contribution in [0, 0.1) is 5.92 Å². The molecule has 1 aliphatic carbocycles. The van der Waals surface area contributed by atoms with E-state index in [-0.39, 0.29) is 11.8 Å². The molecule has 0 atom stereocenters. The van der Waals surface area contributed by atoms with Crippen molar-refractivity contribution in [1.29, 1.82) is 0 Å². The summed E-state index contributed by atoms with van der Waals surface area (Å²) in [6.07, 6.45) is 4.18. The van der Waals surface area contributed by atoms with Gasteiger partial charge in [-0.25, -0.2) is 0 Å². The van der Waals surface area contributed by atoms with Crippen molar-refractivity contribution in [3.05, 3.63) is 35.9 Å². The molecule has 110 valence electrons. The number of thioether (sulfide) groups is 1.